The smallest absolute Gasteiger partial charge is 0.259 e. The Morgan fingerprint density at radius 3 is 2.65 bits per heavy atom. The minimum absolute atomic E-state index is 0.118. The van der Waals surface area contributed by atoms with E-state index in [-0.39, 0.29) is 23.3 Å². The fraction of sp³-hybridized carbons (Fsp3) is 0.400. The monoisotopic (exact) mass is 297 g/mol. The molecule has 0 heterocycles. The van der Waals surface area contributed by atoms with Gasteiger partial charge in [-0.25, -0.2) is 4.39 Å². The number of hydrogen-bond acceptors (Lipinski definition) is 2. The van der Waals surface area contributed by atoms with Gasteiger partial charge in [-0.3, -0.25) is 4.79 Å². The Balaban J connectivity index is 2.62. The number of terminal acetylenes is 1. The minimum Gasteiger partial charge on any atom is -0.482 e. The number of hydrogen-bond donors (Lipinski definition) is 1. The van der Waals surface area contributed by atoms with Gasteiger partial charge in [-0.15, -0.1) is 6.42 Å². The molecule has 0 aromatic heterocycles. The van der Waals surface area contributed by atoms with Crippen LogP contribution in [0.5, 0.6) is 5.75 Å². The Bertz CT molecular complexity index is 521. The van der Waals surface area contributed by atoms with Gasteiger partial charge in [0, 0.05) is 0 Å². The summed E-state index contributed by atoms with van der Waals surface area (Å²) in [5.41, 5.74) is -0.660. The fourth-order valence-corrected chi connectivity index (χ4v) is 1.93. The zero-order valence-electron chi connectivity index (χ0n) is 11.5. The largest absolute Gasteiger partial charge is 0.482 e. The van der Waals surface area contributed by atoms with Gasteiger partial charge in [-0.2, -0.15) is 0 Å². The van der Waals surface area contributed by atoms with Crippen LogP contribution in [0, 0.1) is 18.2 Å². The molecule has 1 amide bonds. The highest BCUT2D eigenvalue weighted by Crippen LogP contribution is 2.24. The summed E-state index contributed by atoms with van der Waals surface area (Å²) >= 11 is 5.80. The van der Waals surface area contributed by atoms with E-state index in [9.17, 15) is 9.18 Å². The van der Waals surface area contributed by atoms with Crippen molar-refractivity contribution >= 4 is 17.5 Å². The fourth-order valence-electron chi connectivity index (χ4n) is 1.71. The normalized spacial score (nSPS) is 10.8. The van der Waals surface area contributed by atoms with Gasteiger partial charge in [-0.05, 0) is 31.0 Å². The summed E-state index contributed by atoms with van der Waals surface area (Å²) in [4.78, 5) is 11.8. The molecule has 5 heteroatoms. The highest BCUT2D eigenvalue weighted by atomic mass is 35.5. The summed E-state index contributed by atoms with van der Waals surface area (Å²) in [5.74, 6) is 2.05. The Hall–Kier alpha value is -1.73. The van der Waals surface area contributed by atoms with Crippen LogP contribution in [0.4, 0.5) is 4.39 Å². The van der Waals surface area contributed by atoms with Crippen LogP contribution in [-0.4, -0.2) is 18.1 Å². The molecule has 0 aliphatic heterocycles. The lowest BCUT2D eigenvalue weighted by Crippen LogP contribution is -2.48. The van der Waals surface area contributed by atoms with E-state index in [4.69, 9.17) is 22.8 Å². The molecule has 1 aromatic rings. The summed E-state index contributed by atoms with van der Waals surface area (Å²) in [5, 5.41) is 2.88. The number of benzene rings is 1. The quantitative estimate of drug-likeness (QED) is 0.819. The maximum atomic E-state index is 12.9. The topological polar surface area (TPSA) is 38.3 Å². The molecule has 20 heavy (non-hydrogen) atoms. The van der Waals surface area contributed by atoms with Gasteiger partial charge in [0.05, 0.1) is 5.02 Å². The number of carbonyl (C=O) groups excluding carboxylic acids is 1. The molecule has 0 aliphatic rings. The van der Waals surface area contributed by atoms with Crippen molar-refractivity contribution in [3.05, 3.63) is 29.0 Å². The van der Waals surface area contributed by atoms with Crippen LogP contribution in [0.1, 0.15) is 26.7 Å². The maximum absolute atomic E-state index is 12.9. The molecule has 0 aliphatic carbocycles. The van der Waals surface area contributed by atoms with Gasteiger partial charge in [0.25, 0.3) is 5.91 Å². The molecular weight excluding hydrogens is 281 g/mol. The summed E-state index contributed by atoms with van der Waals surface area (Å²) in [6.07, 6.45) is 6.71. The predicted molar refractivity (Wildman–Crippen MR) is 77.2 cm³/mol. The van der Waals surface area contributed by atoms with Crippen LogP contribution in [-0.2, 0) is 4.79 Å². The van der Waals surface area contributed by atoms with Crippen LogP contribution in [0.2, 0.25) is 5.02 Å². The van der Waals surface area contributed by atoms with Crippen molar-refractivity contribution in [2.45, 2.75) is 32.2 Å². The van der Waals surface area contributed by atoms with E-state index in [1.807, 2.05) is 13.8 Å². The van der Waals surface area contributed by atoms with Crippen molar-refractivity contribution in [1.29, 1.82) is 0 Å². The summed E-state index contributed by atoms with van der Waals surface area (Å²) in [6.45, 7) is 3.58. The number of amides is 1. The van der Waals surface area contributed by atoms with E-state index >= 15 is 0 Å². The molecule has 0 radical (unpaired) electrons. The van der Waals surface area contributed by atoms with Gasteiger partial charge < -0.3 is 10.1 Å². The molecular formula is C15H17ClFNO2. The van der Waals surface area contributed by atoms with E-state index in [1.165, 1.54) is 12.1 Å². The van der Waals surface area contributed by atoms with Gasteiger partial charge in [0.15, 0.2) is 6.61 Å². The number of halogens is 2. The van der Waals surface area contributed by atoms with E-state index in [1.54, 1.807) is 0 Å². The molecule has 3 nitrogen and oxygen atoms in total. The molecule has 1 aromatic carbocycles. The molecule has 0 fully saturated rings. The molecule has 108 valence electrons. The molecule has 0 bridgehead atoms. The second kappa shape index (κ2) is 7.16. The zero-order chi connectivity index (χ0) is 15.2. The second-order valence-corrected chi connectivity index (χ2v) is 4.75. The SMILES string of the molecule is C#CC(CC)(CC)NC(=O)COc1ccc(F)cc1Cl. The Morgan fingerprint density at radius 2 is 2.15 bits per heavy atom. The first-order valence-electron chi connectivity index (χ1n) is 6.33. The third-order valence-corrected chi connectivity index (χ3v) is 3.41. The van der Waals surface area contributed by atoms with Crippen molar-refractivity contribution in [3.63, 3.8) is 0 Å². The Kier molecular flexibility index (Phi) is 5.84. The number of carbonyl (C=O) groups is 1. The summed E-state index contributed by atoms with van der Waals surface area (Å²) in [6, 6.07) is 3.71. The Morgan fingerprint density at radius 1 is 1.50 bits per heavy atom. The van der Waals surface area contributed by atoms with Gasteiger partial charge in [0.2, 0.25) is 0 Å². The number of rotatable bonds is 6. The van der Waals surface area contributed by atoms with Crippen molar-refractivity contribution < 1.29 is 13.9 Å². The van der Waals surface area contributed by atoms with Crippen molar-refractivity contribution in [3.8, 4) is 18.1 Å². The Labute approximate surface area is 123 Å². The lowest BCUT2D eigenvalue weighted by atomic mass is 9.94. The number of ether oxygens (including phenoxy) is 1. The molecule has 1 rings (SSSR count). The van der Waals surface area contributed by atoms with Crippen molar-refractivity contribution in [1.82, 2.24) is 5.32 Å². The summed E-state index contributed by atoms with van der Waals surface area (Å²) < 4.78 is 18.1. The van der Waals surface area contributed by atoms with Crippen molar-refractivity contribution in [2.24, 2.45) is 0 Å². The molecule has 0 saturated carbocycles. The molecule has 0 spiro atoms. The molecule has 1 N–H and O–H groups in total. The van der Waals surface area contributed by atoms with Crippen LogP contribution >= 0.6 is 11.6 Å². The lowest BCUT2D eigenvalue weighted by molar-refractivity contribution is -0.124. The summed E-state index contributed by atoms with van der Waals surface area (Å²) in [7, 11) is 0. The first-order chi connectivity index (χ1) is 9.46. The van der Waals surface area contributed by atoms with Crippen LogP contribution in [0.15, 0.2) is 18.2 Å². The highest BCUT2D eigenvalue weighted by molar-refractivity contribution is 6.32. The van der Waals surface area contributed by atoms with Gasteiger partial charge in [0.1, 0.15) is 17.1 Å². The van der Waals surface area contributed by atoms with Gasteiger partial charge >= 0.3 is 0 Å². The first kappa shape index (κ1) is 16.3. The number of nitrogens with one attached hydrogen (secondary N) is 1. The van der Waals surface area contributed by atoms with E-state index in [2.05, 4.69) is 11.2 Å². The third-order valence-electron chi connectivity index (χ3n) is 3.11. The zero-order valence-corrected chi connectivity index (χ0v) is 12.3. The van der Waals surface area contributed by atoms with Gasteiger partial charge in [-0.1, -0.05) is 31.4 Å². The molecule has 0 saturated heterocycles. The van der Waals surface area contributed by atoms with Crippen molar-refractivity contribution in [2.75, 3.05) is 6.61 Å². The van der Waals surface area contributed by atoms with Crippen LogP contribution in [0.3, 0.4) is 0 Å². The third kappa shape index (κ3) is 4.14. The lowest BCUT2D eigenvalue weighted by Gasteiger charge is -2.27. The second-order valence-electron chi connectivity index (χ2n) is 4.35. The standard InChI is InChI=1S/C15H17ClFNO2/c1-4-15(5-2,6-3)18-14(19)10-20-13-8-7-11(17)9-12(13)16/h1,7-9H,5-6,10H2,2-3H3,(H,18,19). The van der Waals surface area contributed by atoms with Crippen LogP contribution < -0.4 is 10.1 Å². The van der Waals surface area contributed by atoms with E-state index in [0.29, 0.717) is 12.8 Å². The predicted octanol–water partition coefficient (Wildman–Crippen LogP) is 3.17. The minimum atomic E-state index is -0.660. The van der Waals surface area contributed by atoms with Crippen LogP contribution in [0.25, 0.3) is 0 Å². The van der Waals surface area contributed by atoms with E-state index < -0.39 is 11.4 Å². The van der Waals surface area contributed by atoms with E-state index in [0.717, 1.165) is 6.07 Å². The average Bonchev–Trinajstić information content (AvgIpc) is 2.44. The average molecular weight is 298 g/mol. The molecule has 0 unspecified atom stereocenters. The molecule has 0 atom stereocenters. The first-order valence-corrected chi connectivity index (χ1v) is 6.70. The highest BCUT2D eigenvalue weighted by Gasteiger charge is 2.25. The maximum Gasteiger partial charge on any atom is 0.259 e.